The van der Waals surface area contributed by atoms with Gasteiger partial charge >= 0.3 is 5.97 Å². The van der Waals surface area contributed by atoms with Crippen molar-refractivity contribution < 1.29 is 14.3 Å². The maximum atomic E-state index is 12.8. The number of aromatic nitrogens is 1. The molecule has 1 aromatic heterocycles. The average molecular weight is 360 g/mol. The van der Waals surface area contributed by atoms with E-state index in [1.54, 1.807) is 6.92 Å². The third kappa shape index (κ3) is 3.49. The quantitative estimate of drug-likeness (QED) is 0.786. The summed E-state index contributed by atoms with van der Waals surface area (Å²) in [6.07, 6.45) is 2.71. The van der Waals surface area contributed by atoms with E-state index in [0.29, 0.717) is 42.1 Å². The number of carbonyl (C=O) groups is 2. The Morgan fingerprint density at radius 3 is 2.60 bits per heavy atom. The van der Waals surface area contributed by atoms with Crippen LogP contribution < -0.4 is 0 Å². The molecule has 0 saturated carbocycles. The van der Waals surface area contributed by atoms with Crippen LogP contribution >= 0.6 is 11.6 Å². The number of aromatic amines is 1. The lowest BCUT2D eigenvalue weighted by Gasteiger charge is -2.22. The summed E-state index contributed by atoms with van der Waals surface area (Å²) in [7, 11) is 0. The first-order valence-corrected chi connectivity index (χ1v) is 9.12. The van der Waals surface area contributed by atoms with Crippen molar-refractivity contribution in [1.82, 2.24) is 4.98 Å². The number of H-pyrrole nitrogens is 1. The minimum absolute atomic E-state index is 0.0939. The van der Waals surface area contributed by atoms with Gasteiger partial charge in [-0.25, -0.2) is 4.79 Å². The van der Waals surface area contributed by atoms with Crippen LogP contribution in [0.2, 0.25) is 5.02 Å². The van der Waals surface area contributed by atoms with E-state index in [-0.39, 0.29) is 17.7 Å². The predicted octanol–water partition coefficient (Wildman–Crippen LogP) is 4.71. The SMILES string of the molecule is CCCc1c(C(=O)OCC)[nH]c2c1C(=O)CC(c1ccc(Cl)cc1)C2. The number of carbonyl (C=O) groups excluding carboxylic acids is 2. The van der Waals surface area contributed by atoms with Crippen LogP contribution in [-0.2, 0) is 17.6 Å². The zero-order valence-electron chi connectivity index (χ0n) is 14.5. The molecule has 0 bridgehead atoms. The minimum atomic E-state index is -0.379. The number of fused-ring (bicyclic) bond motifs is 1. The van der Waals surface area contributed by atoms with Gasteiger partial charge in [-0.3, -0.25) is 4.79 Å². The van der Waals surface area contributed by atoms with E-state index in [0.717, 1.165) is 23.2 Å². The molecule has 1 N–H and O–H groups in total. The molecule has 0 radical (unpaired) electrons. The molecule has 1 aliphatic carbocycles. The molecule has 1 aromatic carbocycles. The molecule has 1 heterocycles. The van der Waals surface area contributed by atoms with E-state index >= 15 is 0 Å². The molecule has 1 atom stereocenters. The van der Waals surface area contributed by atoms with Crippen molar-refractivity contribution in [2.24, 2.45) is 0 Å². The van der Waals surface area contributed by atoms with Gasteiger partial charge in [0.25, 0.3) is 0 Å². The highest BCUT2D eigenvalue weighted by Gasteiger charge is 2.33. The van der Waals surface area contributed by atoms with Crippen LogP contribution in [0.25, 0.3) is 0 Å². The van der Waals surface area contributed by atoms with Crippen molar-refractivity contribution in [2.45, 2.75) is 45.4 Å². The maximum Gasteiger partial charge on any atom is 0.355 e. The van der Waals surface area contributed by atoms with Crippen molar-refractivity contribution in [2.75, 3.05) is 6.61 Å². The Kier molecular flexibility index (Phi) is 5.28. The van der Waals surface area contributed by atoms with Crippen LogP contribution in [0.15, 0.2) is 24.3 Å². The first-order valence-electron chi connectivity index (χ1n) is 8.74. The van der Waals surface area contributed by atoms with Gasteiger partial charge in [0.2, 0.25) is 0 Å². The molecule has 3 rings (SSSR count). The molecule has 2 aromatic rings. The van der Waals surface area contributed by atoms with Crippen LogP contribution in [-0.4, -0.2) is 23.3 Å². The number of Topliss-reactive ketones (excluding diaryl/α,β-unsaturated/α-hetero) is 1. The Hall–Kier alpha value is -2.07. The summed E-state index contributed by atoms with van der Waals surface area (Å²) >= 11 is 5.96. The highest BCUT2D eigenvalue weighted by Crippen LogP contribution is 2.36. The van der Waals surface area contributed by atoms with E-state index in [4.69, 9.17) is 16.3 Å². The Balaban J connectivity index is 1.98. The van der Waals surface area contributed by atoms with E-state index in [1.807, 2.05) is 31.2 Å². The van der Waals surface area contributed by atoms with Gasteiger partial charge in [-0.05, 0) is 48.9 Å². The number of rotatable bonds is 5. The third-order valence-corrected chi connectivity index (χ3v) is 4.92. The van der Waals surface area contributed by atoms with Crippen molar-refractivity contribution in [3.05, 3.63) is 57.4 Å². The molecule has 0 amide bonds. The molecular formula is C20H22ClNO3. The van der Waals surface area contributed by atoms with E-state index in [2.05, 4.69) is 4.98 Å². The first-order chi connectivity index (χ1) is 12.0. The third-order valence-electron chi connectivity index (χ3n) is 4.66. The van der Waals surface area contributed by atoms with Gasteiger partial charge < -0.3 is 9.72 Å². The van der Waals surface area contributed by atoms with Gasteiger partial charge in [0.15, 0.2) is 5.78 Å². The summed E-state index contributed by atoms with van der Waals surface area (Å²) in [5.41, 5.74) is 3.90. The minimum Gasteiger partial charge on any atom is -0.461 e. The second kappa shape index (κ2) is 7.44. The summed E-state index contributed by atoms with van der Waals surface area (Å²) in [6, 6.07) is 7.62. The number of benzene rings is 1. The Labute approximate surface area is 152 Å². The van der Waals surface area contributed by atoms with Crippen LogP contribution in [0.4, 0.5) is 0 Å². The van der Waals surface area contributed by atoms with Gasteiger partial charge in [0.1, 0.15) is 5.69 Å². The van der Waals surface area contributed by atoms with Crippen LogP contribution in [0, 0.1) is 0 Å². The van der Waals surface area contributed by atoms with E-state index in [9.17, 15) is 9.59 Å². The number of ketones is 1. The summed E-state index contributed by atoms with van der Waals surface area (Å²) in [4.78, 5) is 28.3. The molecule has 25 heavy (non-hydrogen) atoms. The first kappa shape index (κ1) is 17.7. The van der Waals surface area contributed by atoms with Crippen LogP contribution in [0.1, 0.15) is 70.3 Å². The molecule has 0 spiro atoms. The molecule has 1 unspecified atom stereocenters. The lowest BCUT2D eigenvalue weighted by Crippen LogP contribution is -2.19. The number of hydrogen-bond acceptors (Lipinski definition) is 3. The zero-order chi connectivity index (χ0) is 18.0. The molecular weight excluding hydrogens is 338 g/mol. The van der Waals surface area contributed by atoms with E-state index < -0.39 is 0 Å². The fourth-order valence-electron chi connectivity index (χ4n) is 3.58. The van der Waals surface area contributed by atoms with Gasteiger partial charge in [-0.15, -0.1) is 0 Å². The second-order valence-corrected chi connectivity index (χ2v) is 6.82. The fourth-order valence-corrected chi connectivity index (χ4v) is 3.70. The van der Waals surface area contributed by atoms with Gasteiger partial charge in [0, 0.05) is 22.7 Å². The average Bonchev–Trinajstić information content (AvgIpc) is 2.95. The normalized spacial score (nSPS) is 16.6. The fraction of sp³-hybridized carbons (Fsp3) is 0.400. The summed E-state index contributed by atoms with van der Waals surface area (Å²) in [5.74, 6) is -0.187. The lowest BCUT2D eigenvalue weighted by molar-refractivity contribution is 0.0518. The topological polar surface area (TPSA) is 59.2 Å². The Bertz CT molecular complexity index is 792. The number of esters is 1. The maximum absolute atomic E-state index is 12.8. The number of nitrogens with one attached hydrogen (secondary N) is 1. The predicted molar refractivity (Wildman–Crippen MR) is 97.6 cm³/mol. The standard InChI is InChI=1S/C20H22ClNO3/c1-3-5-15-18-16(22-19(15)20(24)25-4-2)10-13(11-17(18)23)12-6-8-14(21)9-7-12/h6-9,13,22H,3-5,10-11H2,1-2H3. The van der Waals surface area contributed by atoms with Crippen LogP contribution in [0.5, 0.6) is 0 Å². The number of ether oxygens (including phenoxy) is 1. The van der Waals surface area contributed by atoms with Crippen molar-refractivity contribution in [3.63, 3.8) is 0 Å². The van der Waals surface area contributed by atoms with Crippen LogP contribution in [0.3, 0.4) is 0 Å². The van der Waals surface area contributed by atoms with Crippen molar-refractivity contribution in [3.8, 4) is 0 Å². The Morgan fingerprint density at radius 2 is 1.96 bits per heavy atom. The molecule has 4 nitrogen and oxygen atoms in total. The highest BCUT2D eigenvalue weighted by atomic mass is 35.5. The number of hydrogen-bond donors (Lipinski definition) is 1. The lowest BCUT2D eigenvalue weighted by atomic mass is 9.81. The molecule has 0 saturated heterocycles. The smallest absolute Gasteiger partial charge is 0.355 e. The summed E-state index contributed by atoms with van der Waals surface area (Å²) < 4.78 is 5.16. The second-order valence-electron chi connectivity index (χ2n) is 6.38. The van der Waals surface area contributed by atoms with Crippen molar-refractivity contribution >= 4 is 23.4 Å². The molecule has 0 fully saturated rings. The Morgan fingerprint density at radius 1 is 1.24 bits per heavy atom. The monoisotopic (exact) mass is 359 g/mol. The largest absolute Gasteiger partial charge is 0.461 e. The summed E-state index contributed by atoms with van der Waals surface area (Å²) in [5, 5.41) is 0.682. The molecule has 5 heteroatoms. The van der Waals surface area contributed by atoms with Gasteiger partial charge in [-0.2, -0.15) is 0 Å². The van der Waals surface area contributed by atoms with Gasteiger partial charge in [-0.1, -0.05) is 37.1 Å². The molecule has 132 valence electrons. The molecule has 1 aliphatic rings. The number of halogens is 1. The zero-order valence-corrected chi connectivity index (χ0v) is 15.3. The van der Waals surface area contributed by atoms with E-state index in [1.165, 1.54) is 0 Å². The van der Waals surface area contributed by atoms with Gasteiger partial charge in [0.05, 0.1) is 6.61 Å². The summed E-state index contributed by atoms with van der Waals surface area (Å²) in [6.45, 7) is 4.13. The van der Waals surface area contributed by atoms with Crippen molar-refractivity contribution in [1.29, 1.82) is 0 Å². The highest BCUT2D eigenvalue weighted by molar-refractivity contribution is 6.30. The molecule has 0 aliphatic heterocycles.